The normalized spacial score (nSPS) is 13.4. The molecule has 0 saturated heterocycles. The second kappa shape index (κ2) is 6.52. The molecule has 0 bridgehead atoms. The van der Waals surface area contributed by atoms with E-state index in [0.717, 1.165) is 30.6 Å². The molecule has 0 saturated carbocycles. The lowest BCUT2D eigenvalue weighted by molar-refractivity contribution is -0.137. The van der Waals surface area contributed by atoms with E-state index in [4.69, 9.17) is 0 Å². The second-order valence-corrected chi connectivity index (χ2v) is 5.25. The van der Waals surface area contributed by atoms with E-state index in [1.165, 1.54) is 0 Å². The Labute approximate surface area is 119 Å². The zero-order chi connectivity index (χ0) is 14.5. The van der Waals surface area contributed by atoms with E-state index in [0.29, 0.717) is 13.1 Å². The summed E-state index contributed by atoms with van der Waals surface area (Å²) in [5.41, 5.74) is 1.99. The van der Waals surface area contributed by atoms with Gasteiger partial charge in [0.1, 0.15) is 0 Å². The Morgan fingerprint density at radius 2 is 2.05 bits per heavy atom. The number of fused-ring (bicyclic) bond motifs is 1. The Morgan fingerprint density at radius 3 is 2.80 bits per heavy atom. The van der Waals surface area contributed by atoms with Gasteiger partial charge in [-0.25, -0.2) is 0 Å². The summed E-state index contributed by atoms with van der Waals surface area (Å²) in [5, 5.41) is 2.69. The average molecular weight is 275 g/mol. The molecule has 1 aliphatic heterocycles. The van der Waals surface area contributed by atoms with E-state index < -0.39 is 11.8 Å². The summed E-state index contributed by atoms with van der Waals surface area (Å²) in [6.07, 6.45) is 1.65. The maximum atomic E-state index is 12.1. The summed E-state index contributed by atoms with van der Waals surface area (Å²) in [7, 11) is 3.96. The molecule has 108 valence electrons. The maximum absolute atomic E-state index is 12.1. The van der Waals surface area contributed by atoms with Crippen molar-refractivity contribution in [1.82, 2.24) is 10.2 Å². The number of carbonyl (C=O) groups is 2. The Kier molecular flexibility index (Phi) is 4.74. The highest BCUT2D eigenvalue weighted by molar-refractivity contribution is 6.40. The molecule has 5 heteroatoms. The molecule has 0 aromatic heterocycles. The Morgan fingerprint density at radius 1 is 1.30 bits per heavy atom. The minimum absolute atomic E-state index is 0.459. The van der Waals surface area contributed by atoms with Gasteiger partial charge in [0.2, 0.25) is 0 Å². The van der Waals surface area contributed by atoms with E-state index in [1.807, 2.05) is 43.3 Å². The number of nitrogens with zero attached hydrogens (tertiary/aromatic N) is 2. The third-order valence-electron chi connectivity index (χ3n) is 3.39. The maximum Gasteiger partial charge on any atom is 0.316 e. The molecule has 2 amide bonds. The van der Waals surface area contributed by atoms with Gasteiger partial charge in [0.05, 0.1) is 0 Å². The molecule has 2 rings (SSSR count). The minimum Gasteiger partial charge on any atom is -0.348 e. The SMILES string of the molecule is CN(C)CCCNC(=O)C(=O)N1CCc2ccccc21. The molecule has 0 unspecified atom stereocenters. The number of hydrogen-bond acceptors (Lipinski definition) is 3. The smallest absolute Gasteiger partial charge is 0.316 e. The minimum atomic E-state index is -0.513. The van der Waals surface area contributed by atoms with Gasteiger partial charge in [-0.05, 0) is 45.1 Å². The lowest BCUT2D eigenvalue weighted by atomic mass is 10.2. The summed E-state index contributed by atoms with van der Waals surface area (Å²) in [5.74, 6) is -0.972. The molecule has 0 spiro atoms. The second-order valence-electron chi connectivity index (χ2n) is 5.25. The monoisotopic (exact) mass is 275 g/mol. The molecular formula is C15H21N3O2. The molecule has 0 radical (unpaired) electrons. The fourth-order valence-electron chi connectivity index (χ4n) is 2.34. The molecule has 1 aromatic carbocycles. The highest BCUT2D eigenvalue weighted by Crippen LogP contribution is 2.27. The third-order valence-corrected chi connectivity index (χ3v) is 3.39. The van der Waals surface area contributed by atoms with E-state index in [9.17, 15) is 9.59 Å². The largest absolute Gasteiger partial charge is 0.348 e. The highest BCUT2D eigenvalue weighted by atomic mass is 16.2. The highest BCUT2D eigenvalue weighted by Gasteiger charge is 2.28. The zero-order valence-electron chi connectivity index (χ0n) is 12.1. The van der Waals surface area contributed by atoms with Crippen LogP contribution in [0.3, 0.4) is 0 Å². The van der Waals surface area contributed by atoms with Gasteiger partial charge in [-0.2, -0.15) is 0 Å². The summed E-state index contributed by atoms with van der Waals surface area (Å²) in [4.78, 5) is 27.6. The van der Waals surface area contributed by atoms with Crippen LogP contribution in [0.15, 0.2) is 24.3 Å². The van der Waals surface area contributed by atoms with Crippen molar-refractivity contribution in [3.05, 3.63) is 29.8 Å². The Bertz CT molecular complexity index is 500. The van der Waals surface area contributed by atoms with Gasteiger partial charge in [-0.3, -0.25) is 9.59 Å². The summed E-state index contributed by atoms with van der Waals surface area (Å²) < 4.78 is 0. The van der Waals surface area contributed by atoms with Crippen molar-refractivity contribution in [2.45, 2.75) is 12.8 Å². The van der Waals surface area contributed by atoms with Crippen LogP contribution in [-0.4, -0.2) is 50.4 Å². The lowest BCUT2D eigenvalue weighted by Gasteiger charge is -2.17. The summed E-state index contributed by atoms with van der Waals surface area (Å²) in [6, 6.07) is 7.73. The van der Waals surface area contributed by atoms with Gasteiger partial charge >= 0.3 is 11.8 Å². The zero-order valence-corrected chi connectivity index (χ0v) is 12.1. The van der Waals surface area contributed by atoms with E-state index >= 15 is 0 Å². The van der Waals surface area contributed by atoms with Gasteiger partial charge in [0.25, 0.3) is 0 Å². The Balaban J connectivity index is 1.87. The fourth-order valence-corrected chi connectivity index (χ4v) is 2.34. The van der Waals surface area contributed by atoms with Crippen LogP contribution >= 0.6 is 0 Å². The molecule has 20 heavy (non-hydrogen) atoms. The first-order chi connectivity index (χ1) is 9.59. The van der Waals surface area contributed by atoms with Crippen molar-refractivity contribution >= 4 is 17.5 Å². The number of anilines is 1. The first-order valence-corrected chi connectivity index (χ1v) is 6.92. The average Bonchev–Trinajstić information content (AvgIpc) is 2.86. The van der Waals surface area contributed by atoms with Crippen molar-refractivity contribution in [2.75, 3.05) is 38.6 Å². The molecule has 0 atom stereocenters. The van der Waals surface area contributed by atoms with Crippen LogP contribution in [0.4, 0.5) is 5.69 Å². The van der Waals surface area contributed by atoms with Crippen LogP contribution in [0.25, 0.3) is 0 Å². The van der Waals surface area contributed by atoms with Crippen molar-refractivity contribution < 1.29 is 9.59 Å². The molecular weight excluding hydrogens is 254 g/mol. The summed E-state index contributed by atoms with van der Waals surface area (Å²) >= 11 is 0. The number of amides is 2. The standard InChI is InChI=1S/C15H21N3O2/c1-17(2)10-5-9-16-14(19)15(20)18-11-8-12-6-3-4-7-13(12)18/h3-4,6-7H,5,8-11H2,1-2H3,(H,16,19). The lowest BCUT2D eigenvalue weighted by Crippen LogP contribution is -2.43. The van der Waals surface area contributed by atoms with Crippen molar-refractivity contribution in [1.29, 1.82) is 0 Å². The fraction of sp³-hybridized carbons (Fsp3) is 0.467. The molecule has 1 N–H and O–H groups in total. The number of carbonyl (C=O) groups excluding carboxylic acids is 2. The molecule has 1 aromatic rings. The van der Waals surface area contributed by atoms with Gasteiger partial charge < -0.3 is 15.1 Å². The molecule has 0 fully saturated rings. The molecule has 0 aliphatic carbocycles. The van der Waals surface area contributed by atoms with E-state index in [2.05, 4.69) is 5.32 Å². The number of hydrogen-bond donors (Lipinski definition) is 1. The van der Waals surface area contributed by atoms with Crippen LogP contribution in [-0.2, 0) is 16.0 Å². The van der Waals surface area contributed by atoms with E-state index in [-0.39, 0.29) is 0 Å². The van der Waals surface area contributed by atoms with Crippen molar-refractivity contribution in [2.24, 2.45) is 0 Å². The van der Waals surface area contributed by atoms with Crippen molar-refractivity contribution in [3.63, 3.8) is 0 Å². The quantitative estimate of drug-likeness (QED) is 0.648. The van der Waals surface area contributed by atoms with Crippen LogP contribution in [0.2, 0.25) is 0 Å². The Hall–Kier alpha value is -1.88. The van der Waals surface area contributed by atoms with E-state index in [1.54, 1.807) is 4.90 Å². The number of benzene rings is 1. The van der Waals surface area contributed by atoms with Gasteiger partial charge in [-0.15, -0.1) is 0 Å². The van der Waals surface area contributed by atoms with Gasteiger partial charge in [-0.1, -0.05) is 18.2 Å². The third kappa shape index (κ3) is 3.36. The van der Waals surface area contributed by atoms with Gasteiger partial charge in [0.15, 0.2) is 0 Å². The topological polar surface area (TPSA) is 52.7 Å². The van der Waals surface area contributed by atoms with Gasteiger partial charge in [0, 0.05) is 18.8 Å². The number of para-hydroxylation sites is 1. The number of nitrogens with one attached hydrogen (secondary N) is 1. The first kappa shape index (κ1) is 14.5. The van der Waals surface area contributed by atoms with Crippen LogP contribution in [0.5, 0.6) is 0 Å². The van der Waals surface area contributed by atoms with Crippen LogP contribution in [0, 0.1) is 0 Å². The number of rotatable bonds is 4. The molecule has 5 nitrogen and oxygen atoms in total. The van der Waals surface area contributed by atoms with Crippen LogP contribution in [0.1, 0.15) is 12.0 Å². The summed E-state index contributed by atoms with van der Waals surface area (Å²) in [6.45, 7) is 2.00. The molecule has 1 aliphatic rings. The first-order valence-electron chi connectivity index (χ1n) is 6.92. The van der Waals surface area contributed by atoms with Crippen LogP contribution < -0.4 is 10.2 Å². The van der Waals surface area contributed by atoms with Crippen molar-refractivity contribution in [3.8, 4) is 0 Å². The predicted molar refractivity (Wildman–Crippen MR) is 78.7 cm³/mol. The predicted octanol–water partition coefficient (Wildman–Crippen LogP) is 0.644. The molecule has 1 heterocycles.